The van der Waals surface area contributed by atoms with Gasteiger partial charge in [0.15, 0.2) is 5.69 Å². The SMILES string of the molecule is COC(=O)c1ccc(CNc2nc(C3CC3)nc(C(=O)OC)c2Cl)cc1. The number of nitrogens with zero attached hydrogens (tertiary/aromatic N) is 2. The van der Waals surface area contributed by atoms with E-state index in [-0.39, 0.29) is 22.6 Å². The summed E-state index contributed by atoms with van der Waals surface area (Å²) in [6.07, 6.45) is 1.99. The lowest BCUT2D eigenvalue weighted by Gasteiger charge is -2.12. The molecule has 0 bridgehead atoms. The van der Waals surface area contributed by atoms with Gasteiger partial charge in [0.25, 0.3) is 0 Å². The van der Waals surface area contributed by atoms with E-state index in [2.05, 4.69) is 20.0 Å². The minimum atomic E-state index is -0.593. The van der Waals surface area contributed by atoms with Crippen LogP contribution in [0.1, 0.15) is 51.0 Å². The molecule has 1 saturated carbocycles. The number of rotatable bonds is 6. The fourth-order valence-corrected chi connectivity index (χ4v) is 2.63. The lowest BCUT2D eigenvalue weighted by Crippen LogP contribution is -2.12. The Bertz CT molecular complexity index is 835. The molecule has 2 aromatic rings. The molecule has 0 radical (unpaired) electrons. The maximum atomic E-state index is 11.9. The van der Waals surface area contributed by atoms with Crippen molar-refractivity contribution >= 4 is 29.4 Å². The van der Waals surface area contributed by atoms with E-state index in [0.29, 0.717) is 23.8 Å². The van der Waals surface area contributed by atoms with Gasteiger partial charge < -0.3 is 14.8 Å². The van der Waals surface area contributed by atoms with E-state index >= 15 is 0 Å². The predicted molar refractivity (Wildman–Crippen MR) is 95.5 cm³/mol. The smallest absolute Gasteiger partial charge is 0.358 e. The number of hydrogen-bond donors (Lipinski definition) is 1. The van der Waals surface area contributed by atoms with Crippen molar-refractivity contribution in [2.24, 2.45) is 0 Å². The van der Waals surface area contributed by atoms with Crippen LogP contribution in [0.15, 0.2) is 24.3 Å². The Morgan fingerprint density at radius 3 is 2.35 bits per heavy atom. The van der Waals surface area contributed by atoms with Crippen LogP contribution in [0, 0.1) is 0 Å². The molecule has 1 N–H and O–H groups in total. The molecule has 1 aliphatic rings. The van der Waals surface area contributed by atoms with Crippen molar-refractivity contribution < 1.29 is 19.1 Å². The Morgan fingerprint density at radius 1 is 1.12 bits per heavy atom. The number of hydrogen-bond acceptors (Lipinski definition) is 7. The van der Waals surface area contributed by atoms with Crippen molar-refractivity contribution in [3.05, 3.63) is 51.9 Å². The summed E-state index contributed by atoms with van der Waals surface area (Å²) in [7, 11) is 2.62. The summed E-state index contributed by atoms with van der Waals surface area (Å²) in [5.41, 5.74) is 1.45. The highest BCUT2D eigenvalue weighted by atomic mass is 35.5. The lowest BCUT2D eigenvalue weighted by molar-refractivity contribution is 0.0588. The molecular weight excluding hydrogens is 358 g/mol. The van der Waals surface area contributed by atoms with Crippen molar-refractivity contribution in [3.8, 4) is 0 Å². The van der Waals surface area contributed by atoms with Crippen molar-refractivity contribution in [2.45, 2.75) is 25.3 Å². The molecule has 0 unspecified atom stereocenters. The fourth-order valence-electron chi connectivity index (χ4n) is 2.40. The molecular formula is C18H18ClN3O4. The minimum absolute atomic E-state index is 0.0644. The molecule has 3 rings (SSSR count). The molecule has 8 heteroatoms. The highest BCUT2D eigenvalue weighted by molar-refractivity contribution is 6.35. The van der Waals surface area contributed by atoms with Crippen LogP contribution in [0.3, 0.4) is 0 Å². The molecule has 136 valence electrons. The zero-order valence-electron chi connectivity index (χ0n) is 14.4. The largest absolute Gasteiger partial charge is 0.465 e. The first kappa shape index (κ1) is 18.1. The molecule has 0 saturated heterocycles. The van der Waals surface area contributed by atoms with Gasteiger partial charge >= 0.3 is 11.9 Å². The third-order valence-electron chi connectivity index (χ3n) is 4.02. The number of halogens is 1. The van der Waals surface area contributed by atoms with Gasteiger partial charge in [-0.05, 0) is 30.5 Å². The first-order chi connectivity index (χ1) is 12.5. The fraction of sp³-hybridized carbons (Fsp3) is 0.333. The highest BCUT2D eigenvalue weighted by Crippen LogP contribution is 2.39. The van der Waals surface area contributed by atoms with Crippen LogP contribution in [0.4, 0.5) is 5.82 Å². The molecule has 1 heterocycles. The molecule has 0 atom stereocenters. The number of nitrogens with one attached hydrogen (secondary N) is 1. The van der Waals surface area contributed by atoms with E-state index in [1.807, 2.05) is 0 Å². The van der Waals surface area contributed by atoms with Crippen LogP contribution in [0.2, 0.25) is 5.02 Å². The van der Waals surface area contributed by atoms with Crippen LogP contribution >= 0.6 is 11.6 Å². The van der Waals surface area contributed by atoms with Gasteiger partial charge in [0, 0.05) is 12.5 Å². The maximum Gasteiger partial charge on any atom is 0.358 e. The monoisotopic (exact) mass is 375 g/mol. The standard InChI is InChI=1S/C18H18ClN3O4/c1-25-17(23)12-5-3-10(4-6-12)9-20-16-13(19)14(18(24)26-2)21-15(22-16)11-7-8-11/h3-6,11H,7-9H2,1-2H3,(H,20,21,22). The molecule has 0 spiro atoms. The van der Waals surface area contributed by atoms with E-state index in [1.54, 1.807) is 24.3 Å². The minimum Gasteiger partial charge on any atom is -0.465 e. The van der Waals surface area contributed by atoms with Gasteiger partial charge in [0.1, 0.15) is 16.7 Å². The zero-order valence-corrected chi connectivity index (χ0v) is 15.2. The Kier molecular flexibility index (Phi) is 5.37. The zero-order chi connectivity index (χ0) is 18.7. The average Bonchev–Trinajstić information content (AvgIpc) is 3.51. The summed E-state index contributed by atoms with van der Waals surface area (Å²) in [5.74, 6) is 0.264. The summed E-state index contributed by atoms with van der Waals surface area (Å²) >= 11 is 6.28. The molecule has 0 aliphatic heterocycles. The first-order valence-electron chi connectivity index (χ1n) is 8.10. The lowest BCUT2D eigenvalue weighted by atomic mass is 10.1. The quantitative estimate of drug-likeness (QED) is 0.775. The third-order valence-corrected chi connectivity index (χ3v) is 4.38. The van der Waals surface area contributed by atoms with E-state index in [1.165, 1.54) is 14.2 Å². The Morgan fingerprint density at radius 2 is 1.77 bits per heavy atom. The molecule has 1 aromatic heterocycles. The van der Waals surface area contributed by atoms with Crippen LogP contribution in [-0.4, -0.2) is 36.1 Å². The van der Waals surface area contributed by atoms with Crippen molar-refractivity contribution in [2.75, 3.05) is 19.5 Å². The second kappa shape index (κ2) is 7.70. The van der Waals surface area contributed by atoms with Gasteiger partial charge in [-0.25, -0.2) is 19.6 Å². The van der Waals surface area contributed by atoms with Gasteiger partial charge in [-0.15, -0.1) is 0 Å². The normalized spacial score (nSPS) is 13.2. The van der Waals surface area contributed by atoms with Gasteiger partial charge in [-0.2, -0.15) is 0 Å². The van der Waals surface area contributed by atoms with Crippen LogP contribution < -0.4 is 5.32 Å². The summed E-state index contributed by atoms with van der Waals surface area (Å²) in [4.78, 5) is 32.1. The highest BCUT2D eigenvalue weighted by Gasteiger charge is 2.30. The Labute approximate surface area is 155 Å². The van der Waals surface area contributed by atoms with E-state index in [4.69, 9.17) is 16.3 Å². The Balaban J connectivity index is 1.79. The van der Waals surface area contributed by atoms with Crippen molar-refractivity contribution in [3.63, 3.8) is 0 Å². The van der Waals surface area contributed by atoms with Crippen molar-refractivity contribution in [1.29, 1.82) is 0 Å². The number of aromatic nitrogens is 2. The second-order valence-corrected chi connectivity index (χ2v) is 6.28. The summed E-state index contributed by atoms with van der Waals surface area (Å²) in [6.45, 7) is 0.420. The van der Waals surface area contributed by atoms with Crippen LogP contribution in [0.25, 0.3) is 0 Å². The second-order valence-electron chi connectivity index (χ2n) is 5.90. The van der Waals surface area contributed by atoms with Crippen LogP contribution in [0.5, 0.6) is 0 Å². The summed E-state index contributed by atoms with van der Waals surface area (Å²) in [6, 6.07) is 6.97. The van der Waals surface area contributed by atoms with E-state index < -0.39 is 5.97 Å². The number of carbonyl (C=O) groups excluding carboxylic acids is 2. The van der Waals surface area contributed by atoms with E-state index in [0.717, 1.165) is 18.4 Å². The number of methoxy groups -OCH3 is 2. The predicted octanol–water partition coefficient (Wildman–Crippen LogP) is 3.19. The number of anilines is 1. The molecule has 26 heavy (non-hydrogen) atoms. The summed E-state index contributed by atoms with van der Waals surface area (Å²) in [5, 5.41) is 3.26. The maximum absolute atomic E-state index is 11.9. The number of ether oxygens (including phenoxy) is 2. The Hall–Kier alpha value is -2.67. The van der Waals surface area contributed by atoms with Gasteiger partial charge in [0.05, 0.1) is 19.8 Å². The van der Waals surface area contributed by atoms with Crippen molar-refractivity contribution in [1.82, 2.24) is 9.97 Å². The first-order valence-corrected chi connectivity index (χ1v) is 8.48. The topological polar surface area (TPSA) is 90.4 Å². The molecule has 1 aliphatic carbocycles. The van der Waals surface area contributed by atoms with E-state index in [9.17, 15) is 9.59 Å². The number of esters is 2. The molecule has 7 nitrogen and oxygen atoms in total. The average molecular weight is 376 g/mol. The number of carbonyl (C=O) groups is 2. The van der Waals surface area contributed by atoms with Crippen LogP contribution in [-0.2, 0) is 16.0 Å². The van der Waals surface area contributed by atoms with Gasteiger partial charge in [-0.1, -0.05) is 23.7 Å². The number of benzene rings is 1. The molecule has 1 aromatic carbocycles. The van der Waals surface area contributed by atoms with Gasteiger partial charge in [-0.3, -0.25) is 0 Å². The molecule has 0 amide bonds. The summed E-state index contributed by atoms with van der Waals surface area (Å²) < 4.78 is 9.43. The van der Waals surface area contributed by atoms with Gasteiger partial charge in [0.2, 0.25) is 0 Å². The molecule has 1 fully saturated rings. The third kappa shape index (κ3) is 3.94.